The van der Waals surface area contributed by atoms with Crippen LogP contribution < -0.4 is 4.90 Å². The third-order valence-electron chi connectivity index (χ3n) is 2.64. The van der Waals surface area contributed by atoms with Crippen molar-refractivity contribution in [3.8, 4) is 0 Å². The number of amides is 1. The molecule has 5 nitrogen and oxygen atoms in total. The van der Waals surface area contributed by atoms with Gasteiger partial charge in [-0.15, -0.1) is 0 Å². The Kier molecular flexibility index (Phi) is 3.03. The number of ether oxygens (including phenoxy) is 1. The number of nitrogens with zero attached hydrogens (tertiary/aromatic N) is 2. The van der Waals surface area contributed by atoms with Crippen LogP contribution in [0, 0.1) is 11.7 Å². The lowest BCUT2D eigenvalue weighted by Gasteiger charge is -2.14. The second kappa shape index (κ2) is 4.48. The second-order valence-corrected chi connectivity index (χ2v) is 3.76. The van der Waals surface area contributed by atoms with Crippen molar-refractivity contribution >= 4 is 17.7 Å². The van der Waals surface area contributed by atoms with Crippen LogP contribution in [0.5, 0.6) is 0 Å². The molecule has 1 aromatic rings. The average molecular weight is 238 g/mol. The van der Waals surface area contributed by atoms with Crippen LogP contribution in [0.4, 0.5) is 10.2 Å². The van der Waals surface area contributed by atoms with Gasteiger partial charge in [-0.3, -0.25) is 14.5 Å². The van der Waals surface area contributed by atoms with Gasteiger partial charge in [-0.1, -0.05) is 0 Å². The minimum Gasteiger partial charge on any atom is -0.469 e. The van der Waals surface area contributed by atoms with E-state index in [0.717, 1.165) is 6.07 Å². The topological polar surface area (TPSA) is 59.5 Å². The molecule has 6 heteroatoms. The molecule has 1 amide bonds. The van der Waals surface area contributed by atoms with Crippen LogP contribution in [0.3, 0.4) is 0 Å². The highest BCUT2D eigenvalue weighted by Gasteiger charge is 2.36. The summed E-state index contributed by atoms with van der Waals surface area (Å²) in [6.45, 7) is 0.183. The maximum Gasteiger partial charge on any atom is 0.311 e. The van der Waals surface area contributed by atoms with Gasteiger partial charge in [-0.05, 0) is 6.07 Å². The number of pyridine rings is 1. The third kappa shape index (κ3) is 2.25. The fourth-order valence-electron chi connectivity index (χ4n) is 1.79. The molecule has 1 aliphatic rings. The number of anilines is 1. The van der Waals surface area contributed by atoms with Crippen molar-refractivity contribution in [2.75, 3.05) is 18.6 Å². The van der Waals surface area contributed by atoms with E-state index in [0.29, 0.717) is 0 Å². The van der Waals surface area contributed by atoms with Crippen LogP contribution in [-0.4, -0.2) is 30.5 Å². The SMILES string of the molecule is COC(=O)C1CC(=O)N(c2cc(F)ccn2)C1. The molecule has 1 unspecified atom stereocenters. The van der Waals surface area contributed by atoms with Gasteiger partial charge in [0.2, 0.25) is 5.91 Å². The van der Waals surface area contributed by atoms with Crippen LogP contribution in [0.15, 0.2) is 18.3 Å². The summed E-state index contributed by atoms with van der Waals surface area (Å²) in [6.07, 6.45) is 1.36. The van der Waals surface area contributed by atoms with E-state index in [2.05, 4.69) is 9.72 Å². The number of rotatable bonds is 2. The molecule has 1 atom stereocenters. The molecule has 2 heterocycles. The number of halogens is 1. The highest BCUT2D eigenvalue weighted by atomic mass is 19.1. The molecule has 1 fully saturated rings. The summed E-state index contributed by atoms with van der Waals surface area (Å²) in [5.41, 5.74) is 0. The summed E-state index contributed by atoms with van der Waals surface area (Å²) >= 11 is 0. The first-order valence-corrected chi connectivity index (χ1v) is 5.11. The van der Waals surface area contributed by atoms with E-state index in [4.69, 9.17) is 0 Å². The van der Waals surface area contributed by atoms with Crippen molar-refractivity contribution in [3.63, 3.8) is 0 Å². The molecular weight excluding hydrogens is 227 g/mol. The molecule has 17 heavy (non-hydrogen) atoms. The van der Waals surface area contributed by atoms with Crippen molar-refractivity contribution in [3.05, 3.63) is 24.1 Å². The Morgan fingerprint density at radius 3 is 3.06 bits per heavy atom. The molecule has 0 saturated carbocycles. The van der Waals surface area contributed by atoms with Gasteiger partial charge in [0.1, 0.15) is 11.6 Å². The molecule has 0 bridgehead atoms. The average Bonchev–Trinajstić information content (AvgIpc) is 2.70. The molecule has 0 spiro atoms. The van der Waals surface area contributed by atoms with Crippen molar-refractivity contribution < 1.29 is 18.7 Å². The Balaban J connectivity index is 2.18. The molecule has 0 aromatic carbocycles. The first kappa shape index (κ1) is 11.5. The number of aromatic nitrogens is 1. The maximum absolute atomic E-state index is 13.0. The van der Waals surface area contributed by atoms with E-state index >= 15 is 0 Å². The van der Waals surface area contributed by atoms with Crippen LogP contribution >= 0.6 is 0 Å². The summed E-state index contributed by atoms with van der Waals surface area (Å²) in [4.78, 5) is 28.2. The van der Waals surface area contributed by atoms with Gasteiger partial charge in [-0.2, -0.15) is 0 Å². The van der Waals surface area contributed by atoms with Gasteiger partial charge in [0.25, 0.3) is 0 Å². The summed E-state index contributed by atoms with van der Waals surface area (Å²) < 4.78 is 17.6. The Morgan fingerprint density at radius 1 is 1.65 bits per heavy atom. The Morgan fingerprint density at radius 2 is 2.41 bits per heavy atom. The van der Waals surface area contributed by atoms with Crippen molar-refractivity contribution in [2.45, 2.75) is 6.42 Å². The smallest absolute Gasteiger partial charge is 0.311 e. The first-order chi connectivity index (χ1) is 8.11. The number of methoxy groups -OCH3 is 1. The van der Waals surface area contributed by atoms with E-state index in [9.17, 15) is 14.0 Å². The van der Waals surface area contributed by atoms with Crippen molar-refractivity contribution in [2.24, 2.45) is 5.92 Å². The molecule has 1 saturated heterocycles. The summed E-state index contributed by atoms with van der Waals surface area (Å²) in [7, 11) is 1.27. The minimum absolute atomic E-state index is 0.0743. The zero-order chi connectivity index (χ0) is 12.4. The Hall–Kier alpha value is -1.98. The maximum atomic E-state index is 13.0. The number of hydrogen-bond acceptors (Lipinski definition) is 4. The van der Waals surface area contributed by atoms with Gasteiger partial charge in [0.05, 0.1) is 13.0 Å². The second-order valence-electron chi connectivity index (χ2n) is 3.76. The van der Waals surface area contributed by atoms with Gasteiger partial charge in [0, 0.05) is 25.2 Å². The monoisotopic (exact) mass is 238 g/mol. The van der Waals surface area contributed by atoms with Gasteiger partial charge in [0.15, 0.2) is 0 Å². The van der Waals surface area contributed by atoms with E-state index in [1.54, 1.807) is 0 Å². The van der Waals surface area contributed by atoms with Crippen molar-refractivity contribution in [1.82, 2.24) is 4.98 Å². The first-order valence-electron chi connectivity index (χ1n) is 5.11. The summed E-state index contributed by atoms with van der Waals surface area (Å²) in [5.74, 6) is -1.43. The largest absolute Gasteiger partial charge is 0.469 e. The molecule has 2 rings (SSSR count). The van der Waals surface area contributed by atoms with Crippen LogP contribution in [0.25, 0.3) is 0 Å². The van der Waals surface area contributed by atoms with Gasteiger partial charge < -0.3 is 4.74 Å². The quantitative estimate of drug-likeness (QED) is 0.713. The molecule has 0 aliphatic carbocycles. The van der Waals surface area contributed by atoms with Crippen LogP contribution in [0.1, 0.15) is 6.42 Å². The third-order valence-corrected chi connectivity index (χ3v) is 2.64. The fourth-order valence-corrected chi connectivity index (χ4v) is 1.79. The van der Waals surface area contributed by atoms with E-state index in [1.165, 1.54) is 24.3 Å². The fraction of sp³-hybridized carbons (Fsp3) is 0.364. The Labute approximate surface area is 97.2 Å². The lowest BCUT2D eigenvalue weighted by Crippen LogP contribution is -2.27. The number of esters is 1. The zero-order valence-electron chi connectivity index (χ0n) is 9.22. The molecule has 90 valence electrons. The molecular formula is C11H11FN2O3. The summed E-state index contributed by atoms with van der Waals surface area (Å²) in [6, 6.07) is 2.36. The lowest BCUT2D eigenvalue weighted by atomic mass is 10.1. The van der Waals surface area contributed by atoms with Gasteiger partial charge >= 0.3 is 5.97 Å². The number of carbonyl (C=O) groups excluding carboxylic acids is 2. The number of carbonyl (C=O) groups is 2. The predicted molar refractivity (Wildman–Crippen MR) is 56.7 cm³/mol. The highest BCUT2D eigenvalue weighted by molar-refractivity contribution is 5.98. The van der Waals surface area contributed by atoms with Crippen molar-refractivity contribution in [1.29, 1.82) is 0 Å². The number of hydrogen-bond donors (Lipinski definition) is 0. The predicted octanol–water partition coefficient (Wildman–Crippen LogP) is 0.747. The highest BCUT2D eigenvalue weighted by Crippen LogP contribution is 2.24. The molecule has 0 N–H and O–H groups in total. The van der Waals surface area contributed by atoms with E-state index in [-0.39, 0.29) is 24.7 Å². The van der Waals surface area contributed by atoms with E-state index < -0.39 is 17.7 Å². The molecule has 1 aliphatic heterocycles. The normalized spacial score (nSPS) is 19.5. The minimum atomic E-state index is -0.502. The standard InChI is InChI=1S/C11H11FN2O3/c1-17-11(16)7-4-10(15)14(6-7)9-5-8(12)2-3-13-9/h2-3,5,7H,4,6H2,1H3. The summed E-state index contributed by atoms with van der Waals surface area (Å²) in [5, 5.41) is 0. The van der Waals surface area contributed by atoms with Crippen LogP contribution in [-0.2, 0) is 14.3 Å². The molecule has 1 aromatic heterocycles. The lowest BCUT2D eigenvalue weighted by molar-refractivity contribution is -0.145. The van der Waals surface area contributed by atoms with Crippen LogP contribution in [0.2, 0.25) is 0 Å². The van der Waals surface area contributed by atoms with Gasteiger partial charge in [-0.25, -0.2) is 9.37 Å². The Bertz CT molecular complexity index is 464. The molecule has 0 radical (unpaired) electrons. The van der Waals surface area contributed by atoms with E-state index in [1.807, 2.05) is 0 Å². The zero-order valence-corrected chi connectivity index (χ0v) is 9.22.